The number of imidazole rings is 1. The summed E-state index contributed by atoms with van der Waals surface area (Å²) in [6.07, 6.45) is 4.75. The number of hydrogen-bond donors (Lipinski definition) is 1. The van der Waals surface area contributed by atoms with Crippen LogP contribution in [0.15, 0.2) is 48.5 Å². The van der Waals surface area contributed by atoms with Gasteiger partial charge in [-0.3, -0.25) is 4.79 Å². The zero-order chi connectivity index (χ0) is 19.8. The van der Waals surface area contributed by atoms with Gasteiger partial charge >= 0.3 is 0 Å². The Hall–Kier alpha value is -2.53. The molecule has 28 heavy (non-hydrogen) atoms. The highest BCUT2D eigenvalue weighted by atomic mass is 35.5. The summed E-state index contributed by atoms with van der Waals surface area (Å²) in [5.74, 6) is 1.31. The summed E-state index contributed by atoms with van der Waals surface area (Å²) in [6.45, 7) is 3.45. The van der Waals surface area contributed by atoms with E-state index in [2.05, 4.69) is 22.9 Å². The number of ether oxygens (including phenoxy) is 1. The molecule has 3 rings (SSSR count). The van der Waals surface area contributed by atoms with Gasteiger partial charge in [0.05, 0.1) is 17.6 Å². The number of carbonyl (C=O) groups is 1. The maximum atomic E-state index is 12.2. The van der Waals surface area contributed by atoms with Crippen LogP contribution in [0.2, 0.25) is 5.02 Å². The fraction of sp³-hybridized carbons (Fsp3) is 0.364. The van der Waals surface area contributed by atoms with Gasteiger partial charge in [0.15, 0.2) is 6.61 Å². The highest BCUT2D eigenvalue weighted by Crippen LogP contribution is 2.18. The number of aromatic nitrogens is 2. The molecule has 0 aliphatic heterocycles. The number of unbranched alkanes of at least 4 members (excludes halogenated alkanes) is 3. The number of aryl methyl sites for hydroxylation is 1. The fourth-order valence-corrected chi connectivity index (χ4v) is 3.24. The zero-order valence-electron chi connectivity index (χ0n) is 16.2. The standard InChI is InChI=1S/C22H26ClN3O2/c1-2-3-4-7-14-26-20-9-6-5-8-19(20)25-21(26)15-24-22(27)16-28-18-12-10-17(23)11-13-18/h5-6,8-13H,2-4,7,14-16H2,1H3,(H,24,27). The minimum absolute atomic E-state index is 0.0433. The maximum absolute atomic E-state index is 12.2. The van der Waals surface area contributed by atoms with E-state index in [0.717, 1.165) is 29.8 Å². The van der Waals surface area contributed by atoms with E-state index in [0.29, 0.717) is 17.3 Å². The molecular formula is C22H26ClN3O2. The molecule has 0 aliphatic carbocycles. The number of rotatable bonds is 10. The lowest BCUT2D eigenvalue weighted by Gasteiger charge is -2.11. The van der Waals surface area contributed by atoms with Crippen LogP contribution in [0.4, 0.5) is 0 Å². The number of amides is 1. The Morgan fingerprint density at radius 3 is 2.68 bits per heavy atom. The lowest BCUT2D eigenvalue weighted by Crippen LogP contribution is -2.29. The van der Waals surface area contributed by atoms with E-state index in [1.165, 1.54) is 19.3 Å². The monoisotopic (exact) mass is 399 g/mol. The Labute approximate surface area is 170 Å². The molecule has 0 unspecified atom stereocenters. The number of fused-ring (bicyclic) bond motifs is 1. The SMILES string of the molecule is CCCCCCn1c(CNC(=O)COc2ccc(Cl)cc2)nc2ccccc21. The van der Waals surface area contributed by atoms with Gasteiger partial charge in [0.25, 0.3) is 5.91 Å². The van der Waals surface area contributed by atoms with Crippen molar-refractivity contribution in [3.05, 3.63) is 59.4 Å². The predicted octanol–water partition coefficient (Wildman–Crippen LogP) is 4.97. The molecule has 0 spiro atoms. The van der Waals surface area contributed by atoms with Gasteiger partial charge < -0.3 is 14.6 Å². The largest absolute Gasteiger partial charge is 0.484 e. The van der Waals surface area contributed by atoms with Crippen molar-refractivity contribution in [1.82, 2.24) is 14.9 Å². The fourth-order valence-electron chi connectivity index (χ4n) is 3.11. The van der Waals surface area contributed by atoms with E-state index in [9.17, 15) is 4.79 Å². The van der Waals surface area contributed by atoms with Gasteiger partial charge in [0.1, 0.15) is 11.6 Å². The first kappa shape index (κ1) is 20.2. The highest BCUT2D eigenvalue weighted by Gasteiger charge is 2.11. The zero-order valence-corrected chi connectivity index (χ0v) is 16.9. The molecule has 6 heteroatoms. The summed E-state index contributed by atoms with van der Waals surface area (Å²) in [6, 6.07) is 15.0. The molecule has 1 heterocycles. The van der Waals surface area contributed by atoms with Crippen molar-refractivity contribution >= 4 is 28.5 Å². The molecule has 148 valence electrons. The van der Waals surface area contributed by atoms with Crippen molar-refractivity contribution in [2.75, 3.05) is 6.61 Å². The topological polar surface area (TPSA) is 56.2 Å². The maximum Gasteiger partial charge on any atom is 0.258 e. The molecule has 0 bridgehead atoms. The van der Waals surface area contributed by atoms with Crippen molar-refractivity contribution in [2.45, 2.75) is 45.7 Å². The molecule has 3 aromatic rings. The van der Waals surface area contributed by atoms with E-state index in [1.807, 2.05) is 18.2 Å². The van der Waals surface area contributed by atoms with Gasteiger partial charge in [0.2, 0.25) is 0 Å². The second kappa shape index (κ2) is 10.1. The van der Waals surface area contributed by atoms with Gasteiger partial charge in [-0.15, -0.1) is 0 Å². The summed E-state index contributed by atoms with van der Waals surface area (Å²) in [5.41, 5.74) is 2.07. The molecule has 1 aromatic heterocycles. The smallest absolute Gasteiger partial charge is 0.258 e. The van der Waals surface area contributed by atoms with E-state index in [-0.39, 0.29) is 12.5 Å². The molecule has 0 saturated carbocycles. The lowest BCUT2D eigenvalue weighted by atomic mass is 10.2. The number of benzene rings is 2. The van der Waals surface area contributed by atoms with Crippen LogP contribution in [0.5, 0.6) is 5.75 Å². The number of nitrogens with one attached hydrogen (secondary N) is 1. The number of halogens is 1. The molecule has 0 radical (unpaired) electrons. The summed E-state index contributed by atoms with van der Waals surface area (Å²) in [4.78, 5) is 16.9. The average Bonchev–Trinajstić information content (AvgIpc) is 3.07. The van der Waals surface area contributed by atoms with Crippen LogP contribution in [0.25, 0.3) is 11.0 Å². The molecule has 2 aromatic carbocycles. The van der Waals surface area contributed by atoms with Gasteiger partial charge in [-0.2, -0.15) is 0 Å². The van der Waals surface area contributed by atoms with E-state index >= 15 is 0 Å². The predicted molar refractivity (Wildman–Crippen MR) is 113 cm³/mol. The van der Waals surface area contributed by atoms with Crippen molar-refractivity contribution in [2.24, 2.45) is 0 Å². The molecule has 5 nitrogen and oxygen atoms in total. The first-order chi connectivity index (χ1) is 13.7. The number of para-hydroxylation sites is 2. The summed E-state index contributed by atoms with van der Waals surface area (Å²) in [5, 5.41) is 3.54. The van der Waals surface area contributed by atoms with Gasteiger partial charge in [0, 0.05) is 11.6 Å². The van der Waals surface area contributed by atoms with Crippen LogP contribution in [0.1, 0.15) is 38.4 Å². The van der Waals surface area contributed by atoms with Gasteiger partial charge in [-0.05, 0) is 42.8 Å². The Morgan fingerprint density at radius 2 is 1.89 bits per heavy atom. The minimum atomic E-state index is -0.181. The van der Waals surface area contributed by atoms with Crippen molar-refractivity contribution in [3.8, 4) is 5.75 Å². The molecule has 0 fully saturated rings. The van der Waals surface area contributed by atoms with E-state index in [4.69, 9.17) is 21.3 Å². The average molecular weight is 400 g/mol. The van der Waals surface area contributed by atoms with Crippen molar-refractivity contribution < 1.29 is 9.53 Å². The van der Waals surface area contributed by atoms with Crippen molar-refractivity contribution in [1.29, 1.82) is 0 Å². The molecule has 1 amide bonds. The van der Waals surface area contributed by atoms with E-state index in [1.54, 1.807) is 24.3 Å². The van der Waals surface area contributed by atoms with Crippen LogP contribution >= 0.6 is 11.6 Å². The number of hydrogen-bond acceptors (Lipinski definition) is 3. The van der Waals surface area contributed by atoms with Crippen LogP contribution in [0.3, 0.4) is 0 Å². The lowest BCUT2D eigenvalue weighted by molar-refractivity contribution is -0.123. The van der Waals surface area contributed by atoms with Gasteiger partial charge in [-0.1, -0.05) is 49.9 Å². The Balaban J connectivity index is 1.59. The third-order valence-electron chi connectivity index (χ3n) is 4.60. The quantitative estimate of drug-likeness (QED) is 0.490. The van der Waals surface area contributed by atoms with Gasteiger partial charge in [-0.25, -0.2) is 4.98 Å². The van der Waals surface area contributed by atoms with Crippen LogP contribution in [-0.4, -0.2) is 22.1 Å². The Bertz CT molecular complexity index is 906. The van der Waals surface area contributed by atoms with E-state index < -0.39 is 0 Å². The third kappa shape index (κ3) is 5.49. The van der Waals surface area contributed by atoms with Crippen LogP contribution in [0, 0.1) is 0 Å². The normalized spacial score (nSPS) is 10.9. The Morgan fingerprint density at radius 1 is 1.11 bits per heavy atom. The van der Waals surface area contributed by atoms with Crippen LogP contribution < -0.4 is 10.1 Å². The van der Waals surface area contributed by atoms with Crippen molar-refractivity contribution in [3.63, 3.8) is 0 Å². The molecule has 0 atom stereocenters. The first-order valence-electron chi connectivity index (χ1n) is 9.76. The second-order valence-electron chi connectivity index (χ2n) is 6.75. The number of carbonyl (C=O) groups excluding carboxylic acids is 1. The Kier molecular flexibility index (Phi) is 7.31. The summed E-state index contributed by atoms with van der Waals surface area (Å²) >= 11 is 5.85. The molecular weight excluding hydrogens is 374 g/mol. The minimum Gasteiger partial charge on any atom is -0.484 e. The molecule has 1 N–H and O–H groups in total. The first-order valence-corrected chi connectivity index (χ1v) is 10.1. The molecule has 0 aliphatic rings. The number of nitrogens with zero attached hydrogens (tertiary/aromatic N) is 2. The van der Waals surface area contributed by atoms with Crippen LogP contribution in [-0.2, 0) is 17.9 Å². The second-order valence-corrected chi connectivity index (χ2v) is 7.18. The third-order valence-corrected chi connectivity index (χ3v) is 4.85. The summed E-state index contributed by atoms with van der Waals surface area (Å²) in [7, 11) is 0. The highest BCUT2D eigenvalue weighted by molar-refractivity contribution is 6.30. The molecule has 0 saturated heterocycles. The summed E-state index contributed by atoms with van der Waals surface area (Å²) < 4.78 is 7.71.